The predicted molar refractivity (Wildman–Crippen MR) is 93.4 cm³/mol. The number of hydrogen-bond acceptors (Lipinski definition) is 6. The molecule has 0 radical (unpaired) electrons. The molecule has 1 atom stereocenters. The molecule has 1 saturated heterocycles. The van der Waals surface area contributed by atoms with E-state index in [0.29, 0.717) is 16.5 Å². The Kier molecular flexibility index (Phi) is 4.18. The number of nitrogens with zero attached hydrogens (tertiary/aromatic N) is 4. The van der Waals surface area contributed by atoms with Crippen LogP contribution in [0.5, 0.6) is 5.75 Å². The fourth-order valence-electron chi connectivity index (χ4n) is 2.72. The highest BCUT2D eigenvalue weighted by atomic mass is 32.2. The van der Waals surface area contributed by atoms with Crippen molar-refractivity contribution in [3.63, 3.8) is 0 Å². The summed E-state index contributed by atoms with van der Waals surface area (Å²) in [5.74, 6) is 0.177. The van der Waals surface area contributed by atoms with E-state index in [1.165, 1.54) is 0 Å². The predicted octanol–water partition coefficient (Wildman–Crippen LogP) is 2.49. The van der Waals surface area contributed by atoms with Crippen LogP contribution < -0.4 is 5.32 Å². The highest BCUT2D eigenvalue weighted by Gasteiger charge is 2.16. The number of aromatic nitrogens is 4. The van der Waals surface area contributed by atoms with Crippen LogP contribution in [0, 0.1) is 0 Å². The second kappa shape index (κ2) is 6.62. The average Bonchev–Trinajstić information content (AvgIpc) is 3.29. The first-order chi connectivity index (χ1) is 11.8. The Morgan fingerprint density at radius 2 is 2.21 bits per heavy atom. The quantitative estimate of drug-likeness (QED) is 0.761. The summed E-state index contributed by atoms with van der Waals surface area (Å²) in [6, 6.07) is 5.47. The lowest BCUT2D eigenvalue weighted by Gasteiger charge is -2.09. The third-order valence-electron chi connectivity index (χ3n) is 3.99. The number of benzene rings is 1. The van der Waals surface area contributed by atoms with E-state index in [-0.39, 0.29) is 5.75 Å². The molecule has 0 spiro atoms. The van der Waals surface area contributed by atoms with Gasteiger partial charge in [0.25, 0.3) is 0 Å². The normalized spacial score (nSPS) is 17.2. The molecule has 122 valence electrons. The van der Waals surface area contributed by atoms with Crippen LogP contribution in [0.25, 0.3) is 16.9 Å². The van der Waals surface area contributed by atoms with E-state index in [0.717, 1.165) is 30.2 Å². The standard InChI is InChI=1S/C17H17N5OS/c23-16-7-12(22-6-5-19-11-22)1-2-14(16)15-9-21-17(10-20-15)24-13-3-4-18-8-13/h1-2,5-7,9-11,13,18,23H,3-4,8H2. The van der Waals surface area contributed by atoms with Crippen molar-refractivity contribution in [3.8, 4) is 22.7 Å². The first kappa shape index (κ1) is 15.2. The van der Waals surface area contributed by atoms with Crippen molar-refractivity contribution in [3.05, 3.63) is 49.3 Å². The number of rotatable bonds is 4. The van der Waals surface area contributed by atoms with Crippen molar-refractivity contribution in [1.29, 1.82) is 0 Å². The summed E-state index contributed by atoms with van der Waals surface area (Å²) in [7, 11) is 0. The number of nitrogens with one attached hydrogen (secondary N) is 1. The van der Waals surface area contributed by atoms with Gasteiger partial charge in [-0.1, -0.05) is 0 Å². The molecule has 6 nitrogen and oxygen atoms in total. The Morgan fingerprint density at radius 3 is 2.88 bits per heavy atom. The van der Waals surface area contributed by atoms with Crippen LogP contribution in [0.3, 0.4) is 0 Å². The third-order valence-corrected chi connectivity index (χ3v) is 5.18. The zero-order valence-electron chi connectivity index (χ0n) is 13.0. The Hall–Kier alpha value is -2.38. The Bertz CT molecular complexity index is 814. The first-order valence-electron chi connectivity index (χ1n) is 7.81. The summed E-state index contributed by atoms with van der Waals surface area (Å²) in [6.07, 6.45) is 9.88. The van der Waals surface area contributed by atoms with Crippen molar-refractivity contribution in [1.82, 2.24) is 24.8 Å². The second-order valence-electron chi connectivity index (χ2n) is 5.64. The van der Waals surface area contributed by atoms with Gasteiger partial charge in [-0.3, -0.25) is 4.98 Å². The van der Waals surface area contributed by atoms with E-state index >= 15 is 0 Å². The zero-order chi connectivity index (χ0) is 16.4. The van der Waals surface area contributed by atoms with Crippen LogP contribution in [0.15, 0.2) is 54.3 Å². The molecule has 1 fully saturated rings. The van der Waals surface area contributed by atoms with Crippen molar-refractivity contribution in [2.75, 3.05) is 13.1 Å². The summed E-state index contributed by atoms with van der Waals surface area (Å²) in [5, 5.41) is 15.2. The largest absolute Gasteiger partial charge is 0.507 e. The van der Waals surface area contributed by atoms with Crippen molar-refractivity contribution in [2.24, 2.45) is 0 Å². The average molecular weight is 339 g/mol. The van der Waals surface area contributed by atoms with Crippen molar-refractivity contribution < 1.29 is 5.11 Å². The summed E-state index contributed by atoms with van der Waals surface area (Å²) >= 11 is 1.75. The van der Waals surface area contributed by atoms with Gasteiger partial charge in [-0.05, 0) is 25.1 Å². The van der Waals surface area contributed by atoms with Gasteiger partial charge in [0.05, 0.1) is 30.1 Å². The van der Waals surface area contributed by atoms with Gasteiger partial charge in [0.1, 0.15) is 10.8 Å². The van der Waals surface area contributed by atoms with Crippen LogP contribution in [0.4, 0.5) is 0 Å². The zero-order valence-corrected chi connectivity index (χ0v) is 13.8. The fourth-order valence-corrected chi connectivity index (χ4v) is 3.73. The van der Waals surface area contributed by atoms with Gasteiger partial charge >= 0.3 is 0 Å². The molecule has 24 heavy (non-hydrogen) atoms. The van der Waals surface area contributed by atoms with Gasteiger partial charge in [0.15, 0.2) is 0 Å². The van der Waals surface area contributed by atoms with E-state index in [4.69, 9.17) is 0 Å². The minimum absolute atomic E-state index is 0.177. The van der Waals surface area contributed by atoms with Gasteiger partial charge in [0.2, 0.25) is 0 Å². The van der Waals surface area contributed by atoms with Gasteiger partial charge in [-0.15, -0.1) is 11.8 Å². The molecule has 1 unspecified atom stereocenters. The number of imidazole rings is 1. The smallest absolute Gasteiger partial charge is 0.127 e. The molecule has 0 amide bonds. The molecule has 1 aliphatic heterocycles. The minimum atomic E-state index is 0.177. The van der Waals surface area contributed by atoms with E-state index < -0.39 is 0 Å². The molecule has 1 aliphatic rings. The van der Waals surface area contributed by atoms with Crippen LogP contribution >= 0.6 is 11.8 Å². The molecule has 0 bridgehead atoms. The Morgan fingerprint density at radius 1 is 1.25 bits per heavy atom. The Labute approximate surface area is 144 Å². The molecule has 2 aromatic heterocycles. The number of hydrogen-bond donors (Lipinski definition) is 2. The molecule has 7 heteroatoms. The second-order valence-corrected chi connectivity index (χ2v) is 6.96. The van der Waals surface area contributed by atoms with Crippen LogP contribution in [-0.4, -0.2) is 43.0 Å². The molecular weight excluding hydrogens is 322 g/mol. The highest BCUT2D eigenvalue weighted by Crippen LogP contribution is 2.31. The van der Waals surface area contributed by atoms with E-state index in [1.807, 2.05) is 22.9 Å². The number of phenolic OH excluding ortho intramolecular Hbond substituents is 1. The highest BCUT2D eigenvalue weighted by molar-refractivity contribution is 7.99. The summed E-state index contributed by atoms with van der Waals surface area (Å²) in [6.45, 7) is 2.09. The SMILES string of the molecule is Oc1cc(-n2ccnc2)ccc1-c1cnc(SC2CCNC2)cn1. The molecular formula is C17H17N5OS. The van der Waals surface area contributed by atoms with Gasteiger partial charge in [-0.25, -0.2) is 9.97 Å². The third kappa shape index (κ3) is 3.13. The van der Waals surface area contributed by atoms with Gasteiger partial charge in [-0.2, -0.15) is 0 Å². The molecule has 2 N–H and O–H groups in total. The topological polar surface area (TPSA) is 75.9 Å². The lowest BCUT2D eigenvalue weighted by molar-refractivity contribution is 0.477. The molecule has 3 aromatic rings. The summed E-state index contributed by atoms with van der Waals surface area (Å²) in [4.78, 5) is 13.0. The summed E-state index contributed by atoms with van der Waals surface area (Å²) in [5.41, 5.74) is 2.19. The lowest BCUT2D eigenvalue weighted by atomic mass is 10.1. The molecule has 1 aromatic carbocycles. The van der Waals surface area contributed by atoms with Crippen molar-refractivity contribution >= 4 is 11.8 Å². The van der Waals surface area contributed by atoms with Gasteiger partial charge < -0.3 is 15.0 Å². The first-order valence-corrected chi connectivity index (χ1v) is 8.69. The van der Waals surface area contributed by atoms with Crippen LogP contribution in [0.2, 0.25) is 0 Å². The molecule has 3 heterocycles. The van der Waals surface area contributed by atoms with E-state index in [2.05, 4.69) is 20.3 Å². The maximum absolute atomic E-state index is 10.3. The number of phenols is 1. The molecule has 0 aliphatic carbocycles. The molecule has 4 rings (SSSR count). The molecule has 0 saturated carbocycles. The van der Waals surface area contributed by atoms with E-state index in [9.17, 15) is 5.11 Å². The van der Waals surface area contributed by atoms with E-state index in [1.54, 1.807) is 42.7 Å². The maximum atomic E-state index is 10.3. The maximum Gasteiger partial charge on any atom is 0.127 e. The lowest BCUT2D eigenvalue weighted by Crippen LogP contribution is -2.10. The van der Waals surface area contributed by atoms with Gasteiger partial charge in [0, 0.05) is 35.8 Å². The monoisotopic (exact) mass is 339 g/mol. The number of thioether (sulfide) groups is 1. The fraction of sp³-hybridized carbons (Fsp3) is 0.235. The number of aromatic hydroxyl groups is 1. The van der Waals surface area contributed by atoms with Crippen molar-refractivity contribution in [2.45, 2.75) is 16.7 Å². The van der Waals surface area contributed by atoms with Crippen LogP contribution in [-0.2, 0) is 0 Å². The minimum Gasteiger partial charge on any atom is -0.507 e. The van der Waals surface area contributed by atoms with Crippen LogP contribution in [0.1, 0.15) is 6.42 Å². The summed E-state index contributed by atoms with van der Waals surface area (Å²) < 4.78 is 1.84. The Balaban J connectivity index is 1.54.